The van der Waals surface area contributed by atoms with Gasteiger partial charge >= 0.3 is 0 Å². The van der Waals surface area contributed by atoms with E-state index < -0.39 is 0 Å². The first-order chi connectivity index (χ1) is 10.7. The van der Waals surface area contributed by atoms with Crippen LogP contribution in [-0.2, 0) is 10.2 Å². The molecule has 1 atom stereocenters. The van der Waals surface area contributed by atoms with Crippen LogP contribution in [0.1, 0.15) is 38.2 Å². The molecule has 3 rings (SSSR count). The van der Waals surface area contributed by atoms with E-state index in [0.717, 1.165) is 56.6 Å². The molecule has 1 aromatic carbocycles. The van der Waals surface area contributed by atoms with Crippen LogP contribution in [0.5, 0.6) is 5.75 Å². The smallest absolute Gasteiger partial charge is 0.233 e. The highest BCUT2D eigenvalue weighted by molar-refractivity contribution is 5.89. The molecule has 1 unspecified atom stereocenters. The third-order valence-corrected chi connectivity index (χ3v) is 5.14. The Kier molecular flexibility index (Phi) is 4.39. The lowest BCUT2D eigenvalue weighted by Gasteiger charge is -2.39. The monoisotopic (exact) mass is 302 g/mol. The predicted molar refractivity (Wildman–Crippen MR) is 87.2 cm³/mol. The standard InChI is InChI=1S/C18H26N2O2/c1-14-13-20(11-10-19-14)17(21)18(8-3-4-9-18)15-6-5-7-16(12-15)22-2/h5-7,12,14,19H,3-4,8-11,13H2,1-2H3. The maximum absolute atomic E-state index is 13.3. The fraction of sp³-hybridized carbons (Fsp3) is 0.611. The molecule has 0 radical (unpaired) electrons. The van der Waals surface area contributed by atoms with Crippen molar-refractivity contribution < 1.29 is 9.53 Å². The van der Waals surface area contributed by atoms with Crippen molar-refractivity contribution in [2.24, 2.45) is 0 Å². The highest BCUT2D eigenvalue weighted by atomic mass is 16.5. The lowest BCUT2D eigenvalue weighted by Crippen LogP contribution is -2.56. The molecule has 1 heterocycles. The Morgan fingerprint density at radius 3 is 2.82 bits per heavy atom. The van der Waals surface area contributed by atoms with Crippen molar-refractivity contribution in [1.29, 1.82) is 0 Å². The number of methoxy groups -OCH3 is 1. The van der Waals surface area contributed by atoms with Crippen molar-refractivity contribution in [3.63, 3.8) is 0 Å². The van der Waals surface area contributed by atoms with Crippen molar-refractivity contribution in [1.82, 2.24) is 10.2 Å². The molecule has 1 amide bonds. The number of piperazine rings is 1. The van der Waals surface area contributed by atoms with Gasteiger partial charge in [0.15, 0.2) is 0 Å². The minimum atomic E-state index is -0.342. The van der Waals surface area contributed by atoms with Gasteiger partial charge in [0.25, 0.3) is 0 Å². The predicted octanol–water partition coefficient (Wildman–Crippen LogP) is 2.33. The van der Waals surface area contributed by atoms with Gasteiger partial charge in [0.1, 0.15) is 5.75 Å². The topological polar surface area (TPSA) is 41.6 Å². The zero-order valence-corrected chi connectivity index (χ0v) is 13.6. The molecular formula is C18H26N2O2. The summed E-state index contributed by atoms with van der Waals surface area (Å²) in [6.07, 6.45) is 4.17. The second-order valence-corrected chi connectivity index (χ2v) is 6.63. The summed E-state index contributed by atoms with van der Waals surface area (Å²) in [4.78, 5) is 15.4. The van der Waals surface area contributed by atoms with Gasteiger partial charge in [0.05, 0.1) is 12.5 Å². The van der Waals surface area contributed by atoms with Crippen LogP contribution in [0.4, 0.5) is 0 Å². The first-order valence-corrected chi connectivity index (χ1v) is 8.33. The van der Waals surface area contributed by atoms with Gasteiger partial charge in [-0.25, -0.2) is 0 Å². The number of hydrogen-bond acceptors (Lipinski definition) is 3. The van der Waals surface area contributed by atoms with Crippen molar-refractivity contribution in [3.8, 4) is 5.75 Å². The van der Waals surface area contributed by atoms with Crippen molar-refractivity contribution in [2.75, 3.05) is 26.7 Å². The Balaban J connectivity index is 1.92. The van der Waals surface area contributed by atoms with Gasteiger partial charge in [-0.2, -0.15) is 0 Å². The van der Waals surface area contributed by atoms with Crippen molar-refractivity contribution >= 4 is 5.91 Å². The molecular weight excluding hydrogens is 276 g/mol. The number of benzene rings is 1. The summed E-state index contributed by atoms with van der Waals surface area (Å²) >= 11 is 0. The summed E-state index contributed by atoms with van der Waals surface area (Å²) in [5.41, 5.74) is 0.784. The average molecular weight is 302 g/mol. The summed E-state index contributed by atoms with van der Waals surface area (Å²) in [7, 11) is 1.68. The van der Waals surface area contributed by atoms with Gasteiger partial charge in [-0.15, -0.1) is 0 Å². The zero-order valence-electron chi connectivity index (χ0n) is 13.6. The first kappa shape index (κ1) is 15.3. The SMILES string of the molecule is COc1cccc(C2(C(=O)N3CCNC(C)C3)CCCC2)c1. The molecule has 2 aliphatic rings. The molecule has 0 spiro atoms. The molecule has 0 aromatic heterocycles. The van der Waals surface area contributed by atoms with Crippen LogP contribution < -0.4 is 10.1 Å². The van der Waals surface area contributed by atoms with Crippen LogP contribution >= 0.6 is 0 Å². The molecule has 0 bridgehead atoms. The third-order valence-electron chi connectivity index (χ3n) is 5.14. The van der Waals surface area contributed by atoms with Gasteiger partial charge in [-0.05, 0) is 37.5 Å². The molecule has 1 saturated carbocycles. The first-order valence-electron chi connectivity index (χ1n) is 8.33. The van der Waals surface area contributed by atoms with Gasteiger partial charge in [-0.1, -0.05) is 25.0 Å². The normalized spacial score (nSPS) is 24.3. The summed E-state index contributed by atoms with van der Waals surface area (Å²) < 4.78 is 5.37. The number of hydrogen-bond donors (Lipinski definition) is 1. The lowest BCUT2D eigenvalue weighted by atomic mass is 9.77. The van der Waals surface area contributed by atoms with Crippen molar-refractivity contribution in [3.05, 3.63) is 29.8 Å². The maximum atomic E-state index is 13.3. The lowest BCUT2D eigenvalue weighted by molar-refractivity contribution is -0.138. The van der Waals surface area contributed by atoms with Crippen LogP contribution in [0, 0.1) is 0 Å². The number of nitrogens with zero attached hydrogens (tertiary/aromatic N) is 1. The second-order valence-electron chi connectivity index (χ2n) is 6.63. The Hall–Kier alpha value is -1.55. The summed E-state index contributed by atoms with van der Waals surface area (Å²) in [6.45, 7) is 4.66. The van der Waals surface area contributed by atoms with Gasteiger partial charge in [-0.3, -0.25) is 4.79 Å². The molecule has 120 valence electrons. The van der Waals surface area contributed by atoms with E-state index >= 15 is 0 Å². The molecule has 4 heteroatoms. The maximum Gasteiger partial charge on any atom is 0.233 e. The van der Waals surface area contributed by atoms with Crippen LogP contribution in [0.25, 0.3) is 0 Å². The molecule has 22 heavy (non-hydrogen) atoms. The summed E-state index contributed by atoms with van der Waals surface area (Å²) in [5.74, 6) is 1.15. The van der Waals surface area contributed by atoms with E-state index in [1.807, 2.05) is 12.1 Å². The quantitative estimate of drug-likeness (QED) is 0.932. The average Bonchev–Trinajstić information content (AvgIpc) is 3.05. The Bertz CT molecular complexity index is 538. The highest BCUT2D eigenvalue weighted by Gasteiger charge is 2.45. The number of carbonyl (C=O) groups excluding carboxylic acids is 1. The van der Waals surface area contributed by atoms with Crippen LogP contribution in [0.3, 0.4) is 0 Å². The van der Waals surface area contributed by atoms with Gasteiger partial charge in [0.2, 0.25) is 5.91 Å². The molecule has 1 aromatic rings. The Morgan fingerprint density at radius 1 is 1.36 bits per heavy atom. The minimum Gasteiger partial charge on any atom is -0.497 e. The van der Waals surface area contributed by atoms with E-state index in [1.165, 1.54) is 0 Å². The summed E-state index contributed by atoms with van der Waals surface area (Å²) in [5, 5.41) is 3.41. The fourth-order valence-corrected chi connectivity index (χ4v) is 3.94. The van der Waals surface area contributed by atoms with Gasteiger partial charge < -0.3 is 15.0 Å². The van der Waals surface area contributed by atoms with E-state index in [4.69, 9.17) is 4.74 Å². The third kappa shape index (κ3) is 2.72. The minimum absolute atomic E-state index is 0.312. The number of amides is 1. The Morgan fingerprint density at radius 2 is 2.14 bits per heavy atom. The molecule has 1 aliphatic heterocycles. The van der Waals surface area contributed by atoms with E-state index in [1.54, 1.807) is 7.11 Å². The number of nitrogens with one attached hydrogen (secondary N) is 1. The van der Waals surface area contributed by atoms with Crippen LogP contribution in [0.2, 0.25) is 0 Å². The van der Waals surface area contributed by atoms with Crippen molar-refractivity contribution in [2.45, 2.75) is 44.1 Å². The largest absolute Gasteiger partial charge is 0.497 e. The van der Waals surface area contributed by atoms with Crippen LogP contribution in [0.15, 0.2) is 24.3 Å². The molecule has 1 N–H and O–H groups in total. The van der Waals surface area contributed by atoms with Crippen LogP contribution in [-0.4, -0.2) is 43.6 Å². The zero-order chi connectivity index (χ0) is 15.6. The van der Waals surface area contributed by atoms with E-state index in [-0.39, 0.29) is 5.41 Å². The molecule has 4 nitrogen and oxygen atoms in total. The summed E-state index contributed by atoms with van der Waals surface area (Å²) in [6, 6.07) is 8.47. The molecule has 2 fully saturated rings. The Labute approximate surface area is 132 Å². The number of ether oxygens (including phenoxy) is 1. The highest BCUT2D eigenvalue weighted by Crippen LogP contribution is 2.43. The van der Waals surface area contributed by atoms with Gasteiger partial charge in [0, 0.05) is 25.7 Å². The number of rotatable bonds is 3. The number of carbonyl (C=O) groups is 1. The van der Waals surface area contributed by atoms with E-state index in [9.17, 15) is 4.79 Å². The fourth-order valence-electron chi connectivity index (χ4n) is 3.94. The molecule has 1 aliphatic carbocycles. The molecule has 1 saturated heterocycles. The van der Waals surface area contributed by atoms with E-state index in [2.05, 4.69) is 29.3 Å². The van der Waals surface area contributed by atoms with E-state index in [0.29, 0.717) is 11.9 Å². The second kappa shape index (κ2) is 6.29.